The molecule has 0 atom stereocenters. The molecular weight excluding hydrogens is 230 g/mol. The van der Waals surface area contributed by atoms with Gasteiger partial charge in [0, 0.05) is 10.7 Å². The lowest BCUT2D eigenvalue weighted by atomic mass is 10.0. The summed E-state index contributed by atoms with van der Waals surface area (Å²) in [6, 6.07) is 4.56. The minimum atomic E-state index is -1.06. The van der Waals surface area contributed by atoms with Crippen molar-refractivity contribution < 1.29 is 15.0 Å². The number of rotatable bonds is 4. The lowest BCUT2D eigenvalue weighted by molar-refractivity contribution is 0.0697. The second-order valence-electron chi connectivity index (χ2n) is 4.16. The van der Waals surface area contributed by atoms with E-state index >= 15 is 0 Å². The summed E-state index contributed by atoms with van der Waals surface area (Å²) in [5.74, 6) is -1.06. The van der Waals surface area contributed by atoms with Gasteiger partial charge in [-0.3, -0.25) is 0 Å². The summed E-state index contributed by atoms with van der Waals surface area (Å²) in [5, 5.41) is 21.4. The fourth-order valence-corrected chi connectivity index (χ4v) is 1.38. The molecule has 3 N–H and O–H groups in total. The molecule has 0 fully saturated rings. The minimum Gasteiger partial charge on any atom is -0.478 e. The lowest BCUT2D eigenvalue weighted by Gasteiger charge is -2.25. The molecule has 0 aromatic heterocycles. The van der Waals surface area contributed by atoms with E-state index in [9.17, 15) is 4.79 Å². The third-order valence-corrected chi connectivity index (χ3v) is 2.32. The van der Waals surface area contributed by atoms with Gasteiger partial charge in [-0.25, -0.2) is 4.79 Å². The number of carbonyl (C=O) groups is 1. The van der Waals surface area contributed by atoms with Crippen molar-refractivity contribution in [1.29, 1.82) is 0 Å². The van der Waals surface area contributed by atoms with Crippen LogP contribution in [0.2, 0.25) is 5.02 Å². The first-order chi connectivity index (χ1) is 7.35. The second kappa shape index (κ2) is 4.72. The van der Waals surface area contributed by atoms with E-state index < -0.39 is 11.5 Å². The van der Waals surface area contributed by atoms with Crippen molar-refractivity contribution >= 4 is 23.3 Å². The van der Waals surface area contributed by atoms with Gasteiger partial charge >= 0.3 is 5.97 Å². The summed E-state index contributed by atoms with van der Waals surface area (Å²) in [6.45, 7) is 3.44. The van der Waals surface area contributed by atoms with Gasteiger partial charge in [0.2, 0.25) is 0 Å². The van der Waals surface area contributed by atoms with Crippen molar-refractivity contribution in [1.82, 2.24) is 0 Å². The Balaban J connectivity index is 3.09. The lowest BCUT2D eigenvalue weighted by Crippen LogP contribution is -2.35. The molecule has 0 saturated carbocycles. The van der Waals surface area contributed by atoms with Crippen LogP contribution < -0.4 is 5.32 Å². The number of carboxylic acids is 1. The van der Waals surface area contributed by atoms with Gasteiger partial charge in [0.15, 0.2) is 0 Å². The quantitative estimate of drug-likeness (QED) is 0.759. The van der Waals surface area contributed by atoms with Gasteiger partial charge in [0.1, 0.15) is 0 Å². The van der Waals surface area contributed by atoms with Gasteiger partial charge in [0.05, 0.1) is 17.7 Å². The van der Waals surface area contributed by atoms with Crippen LogP contribution in [0.1, 0.15) is 24.2 Å². The molecule has 0 aliphatic heterocycles. The summed E-state index contributed by atoms with van der Waals surface area (Å²) < 4.78 is 0. The van der Waals surface area contributed by atoms with Crippen LogP contribution in [-0.2, 0) is 0 Å². The van der Waals surface area contributed by atoms with Crippen molar-refractivity contribution in [3.63, 3.8) is 0 Å². The van der Waals surface area contributed by atoms with E-state index in [2.05, 4.69) is 5.32 Å². The third kappa shape index (κ3) is 3.12. The number of aliphatic hydroxyl groups excluding tert-OH is 1. The van der Waals surface area contributed by atoms with Crippen molar-refractivity contribution in [2.24, 2.45) is 0 Å². The first-order valence-electron chi connectivity index (χ1n) is 4.77. The third-order valence-electron chi connectivity index (χ3n) is 2.08. The molecule has 1 aromatic carbocycles. The number of hydrogen-bond acceptors (Lipinski definition) is 3. The molecule has 1 rings (SSSR count). The Hall–Kier alpha value is -1.26. The average molecular weight is 244 g/mol. The van der Waals surface area contributed by atoms with Gasteiger partial charge in [-0.15, -0.1) is 0 Å². The van der Waals surface area contributed by atoms with Gasteiger partial charge in [-0.1, -0.05) is 11.6 Å². The zero-order chi connectivity index (χ0) is 12.3. The van der Waals surface area contributed by atoms with Gasteiger partial charge in [-0.05, 0) is 32.0 Å². The number of aromatic carboxylic acids is 1. The highest BCUT2D eigenvalue weighted by atomic mass is 35.5. The van der Waals surface area contributed by atoms with E-state index in [1.54, 1.807) is 26.0 Å². The minimum absolute atomic E-state index is 0.0917. The molecule has 0 heterocycles. The van der Waals surface area contributed by atoms with Crippen molar-refractivity contribution in [3.05, 3.63) is 28.8 Å². The van der Waals surface area contributed by atoms with E-state index in [0.717, 1.165) is 0 Å². The highest BCUT2D eigenvalue weighted by Gasteiger charge is 2.19. The van der Waals surface area contributed by atoms with Gasteiger partial charge in [-0.2, -0.15) is 0 Å². The molecule has 0 bridgehead atoms. The smallest absolute Gasteiger partial charge is 0.337 e. The van der Waals surface area contributed by atoms with Crippen LogP contribution in [0.25, 0.3) is 0 Å². The molecule has 0 amide bonds. The van der Waals surface area contributed by atoms with E-state index in [0.29, 0.717) is 10.7 Å². The number of nitrogens with one attached hydrogen (secondary N) is 1. The summed E-state index contributed by atoms with van der Waals surface area (Å²) in [4.78, 5) is 11.0. The Labute approximate surface area is 98.9 Å². The maximum atomic E-state index is 11.0. The molecule has 16 heavy (non-hydrogen) atoms. The Bertz CT molecular complexity index is 404. The number of halogens is 1. The van der Waals surface area contributed by atoms with Crippen LogP contribution in [0.4, 0.5) is 5.69 Å². The highest BCUT2D eigenvalue weighted by molar-refractivity contribution is 6.31. The van der Waals surface area contributed by atoms with Crippen LogP contribution in [-0.4, -0.2) is 28.3 Å². The second-order valence-corrected chi connectivity index (χ2v) is 4.60. The molecule has 1 aromatic rings. The average Bonchev–Trinajstić information content (AvgIpc) is 2.20. The number of carboxylic acid groups (broad SMARTS) is 1. The SMILES string of the molecule is CC(C)(CO)Nc1ccc(Cl)cc1C(=O)O. The zero-order valence-corrected chi connectivity index (χ0v) is 9.88. The van der Waals surface area contributed by atoms with Crippen LogP contribution in [0.3, 0.4) is 0 Å². The van der Waals surface area contributed by atoms with Crippen molar-refractivity contribution in [2.45, 2.75) is 19.4 Å². The molecule has 4 nitrogen and oxygen atoms in total. The van der Waals surface area contributed by atoms with E-state index in [1.807, 2.05) is 0 Å². The molecular formula is C11H14ClNO3. The zero-order valence-electron chi connectivity index (χ0n) is 9.12. The molecule has 0 spiro atoms. The molecule has 5 heteroatoms. The summed E-state index contributed by atoms with van der Waals surface area (Å²) in [7, 11) is 0. The fraction of sp³-hybridized carbons (Fsp3) is 0.364. The monoisotopic (exact) mass is 243 g/mol. The molecule has 0 radical (unpaired) electrons. The van der Waals surface area contributed by atoms with E-state index in [4.69, 9.17) is 21.8 Å². The van der Waals surface area contributed by atoms with Gasteiger partial charge < -0.3 is 15.5 Å². The molecule has 88 valence electrons. The first-order valence-corrected chi connectivity index (χ1v) is 5.15. The molecule has 0 saturated heterocycles. The maximum absolute atomic E-state index is 11.0. The largest absolute Gasteiger partial charge is 0.478 e. The molecule has 0 aliphatic carbocycles. The van der Waals surface area contributed by atoms with E-state index in [1.165, 1.54) is 6.07 Å². The predicted molar refractivity (Wildman–Crippen MR) is 63.2 cm³/mol. The fourth-order valence-electron chi connectivity index (χ4n) is 1.21. The normalized spacial score (nSPS) is 11.2. The van der Waals surface area contributed by atoms with Crippen LogP contribution in [0.5, 0.6) is 0 Å². The number of hydrogen-bond donors (Lipinski definition) is 3. The van der Waals surface area contributed by atoms with E-state index in [-0.39, 0.29) is 12.2 Å². The Morgan fingerprint density at radius 3 is 2.62 bits per heavy atom. The number of benzene rings is 1. The Kier molecular flexibility index (Phi) is 3.78. The molecule has 0 aliphatic rings. The van der Waals surface area contributed by atoms with Crippen molar-refractivity contribution in [3.8, 4) is 0 Å². The summed E-state index contributed by atoms with van der Waals surface area (Å²) in [6.07, 6.45) is 0. The standard InChI is InChI=1S/C11H14ClNO3/c1-11(2,6-14)13-9-4-3-7(12)5-8(9)10(15)16/h3-5,13-14H,6H2,1-2H3,(H,15,16). The van der Waals surface area contributed by atoms with Crippen LogP contribution >= 0.6 is 11.6 Å². The Morgan fingerprint density at radius 2 is 2.12 bits per heavy atom. The van der Waals surface area contributed by atoms with Crippen molar-refractivity contribution in [2.75, 3.05) is 11.9 Å². The summed E-state index contributed by atoms with van der Waals surface area (Å²) >= 11 is 5.73. The van der Waals surface area contributed by atoms with Crippen LogP contribution in [0, 0.1) is 0 Å². The van der Waals surface area contributed by atoms with Gasteiger partial charge in [0.25, 0.3) is 0 Å². The predicted octanol–water partition coefficient (Wildman–Crippen LogP) is 2.22. The molecule has 0 unspecified atom stereocenters. The first kappa shape index (κ1) is 12.8. The Morgan fingerprint density at radius 1 is 1.50 bits per heavy atom. The highest BCUT2D eigenvalue weighted by Crippen LogP contribution is 2.23. The maximum Gasteiger partial charge on any atom is 0.337 e. The topological polar surface area (TPSA) is 69.6 Å². The number of aliphatic hydroxyl groups is 1. The van der Waals surface area contributed by atoms with Crippen LogP contribution in [0.15, 0.2) is 18.2 Å². The summed E-state index contributed by atoms with van der Waals surface area (Å²) in [5.41, 5.74) is -0.0529. The number of anilines is 1.